The minimum atomic E-state index is -0.341. The third kappa shape index (κ3) is 2.01. The number of para-hydroxylation sites is 1. The van der Waals surface area contributed by atoms with Crippen LogP contribution in [0.15, 0.2) is 76.0 Å². The second kappa shape index (κ2) is 5.75. The van der Waals surface area contributed by atoms with Gasteiger partial charge >= 0.3 is 0 Å². The van der Waals surface area contributed by atoms with Crippen LogP contribution < -0.4 is 5.43 Å². The largest absolute Gasteiger partial charge is 0.279 e. The number of anilines is 1. The van der Waals surface area contributed by atoms with Gasteiger partial charge in [-0.25, -0.2) is 0 Å². The Bertz CT molecular complexity index is 889. The third-order valence-electron chi connectivity index (χ3n) is 7.39. The maximum atomic E-state index is 5.00. The molecule has 2 aromatic carbocycles. The fourth-order valence-electron chi connectivity index (χ4n) is 6.10. The van der Waals surface area contributed by atoms with E-state index in [9.17, 15) is 0 Å². The van der Waals surface area contributed by atoms with Crippen LogP contribution in [0.1, 0.15) is 38.7 Å². The van der Waals surface area contributed by atoms with Gasteiger partial charge in [-0.2, -0.15) is 15.3 Å². The summed E-state index contributed by atoms with van der Waals surface area (Å²) in [6, 6.07) is 20.9. The van der Waals surface area contributed by atoms with Gasteiger partial charge in [0.25, 0.3) is 0 Å². The molecule has 2 saturated carbocycles. The quantitative estimate of drug-likeness (QED) is 0.558. The summed E-state index contributed by atoms with van der Waals surface area (Å²) in [7, 11) is 0. The average molecular weight is 358 g/mol. The molecule has 0 radical (unpaired) electrons. The van der Waals surface area contributed by atoms with Crippen LogP contribution in [0.5, 0.6) is 0 Å². The smallest absolute Gasteiger partial charge is 0.129 e. The predicted molar refractivity (Wildman–Crippen MR) is 109 cm³/mol. The second-order valence-corrected chi connectivity index (χ2v) is 8.66. The van der Waals surface area contributed by atoms with E-state index in [0.717, 1.165) is 5.69 Å². The molecule has 27 heavy (non-hydrogen) atoms. The van der Waals surface area contributed by atoms with Gasteiger partial charge in [-0.1, -0.05) is 68.8 Å². The Hall–Kier alpha value is -2.49. The van der Waals surface area contributed by atoms with E-state index in [1.54, 1.807) is 0 Å². The number of nitrogens with one attached hydrogen (secondary N) is 1. The van der Waals surface area contributed by atoms with Gasteiger partial charge in [0.2, 0.25) is 0 Å². The van der Waals surface area contributed by atoms with Crippen LogP contribution in [0, 0.1) is 17.3 Å². The van der Waals surface area contributed by atoms with Gasteiger partial charge in [0.15, 0.2) is 0 Å². The molecule has 1 aliphatic heterocycles. The molecular weight excluding hydrogens is 332 g/mol. The predicted octanol–water partition coefficient (Wildman–Crippen LogP) is 5.64. The van der Waals surface area contributed by atoms with Crippen molar-refractivity contribution in [2.24, 2.45) is 32.6 Å². The van der Waals surface area contributed by atoms with E-state index >= 15 is 0 Å². The molecule has 4 nitrogen and oxygen atoms in total. The lowest BCUT2D eigenvalue weighted by Gasteiger charge is -2.40. The highest BCUT2D eigenvalue weighted by molar-refractivity contribution is 5.77. The highest BCUT2D eigenvalue weighted by Crippen LogP contribution is 2.73. The Kier molecular flexibility index (Phi) is 3.55. The molecule has 2 aromatic rings. The fraction of sp³-hybridized carbons (Fsp3) is 0.435. The molecule has 2 bridgehead atoms. The summed E-state index contributed by atoms with van der Waals surface area (Å²) in [6.07, 6.45) is 5.75. The summed E-state index contributed by atoms with van der Waals surface area (Å²) >= 11 is 0. The normalized spacial score (nSPS) is 35.6. The van der Waals surface area contributed by atoms with Crippen molar-refractivity contribution in [3.05, 3.63) is 66.2 Å². The molecule has 1 heterocycles. The van der Waals surface area contributed by atoms with Crippen LogP contribution in [0.4, 0.5) is 5.69 Å². The van der Waals surface area contributed by atoms with Gasteiger partial charge in [0.05, 0.1) is 11.9 Å². The number of rotatable bonds is 4. The fourth-order valence-corrected chi connectivity index (χ4v) is 6.10. The van der Waals surface area contributed by atoms with Gasteiger partial charge in [-0.3, -0.25) is 5.43 Å². The van der Waals surface area contributed by atoms with Gasteiger partial charge in [-0.05, 0) is 42.4 Å². The zero-order chi connectivity index (χ0) is 18.5. The van der Waals surface area contributed by atoms with Crippen molar-refractivity contribution in [2.45, 2.75) is 44.2 Å². The van der Waals surface area contributed by atoms with Gasteiger partial charge < -0.3 is 0 Å². The minimum absolute atomic E-state index is 0.112. The first-order valence-electron chi connectivity index (χ1n) is 9.97. The Balaban J connectivity index is 1.57. The lowest BCUT2D eigenvalue weighted by Crippen LogP contribution is -2.47. The molecular formula is C23H26N4. The van der Waals surface area contributed by atoms with E-state index in [0.29, 0.717) is 11.8 Å². The van der Waals surface area contributed by atoms with E-state index in [1.807, 2.05) is 30.3 Å². The molecule has 2 fully saturated rings. The maximum Gasteiger partial charge on any atom is 0.129 e. The van der Waals surface area contributed by atoms with Crippen molar-refractivity contribution in [3.63, 3.8) is 0 Å². The lowest BCUT2D eigenvalue weighted by atomic mass is 9.63. The molecule has 3 aliphatic rings. The number of benzene rings is 2. The number of nitrogens with zero attached hydrogens (tertiary/aromatic N) is 3. The first-order valence-corrected chi connectivity index (χ1v) is 9.97. The van der Waals surface area contributed by atoms with Crippen LogP contribution in [-0.2, 0) is 5.54 Å². The minimum Gasteiger partial charge on any atom is -0.279 e. The van der Waals surface area contributed by atoms with Crippen LogP contribution in [0.3, 0.4) is 0 Å². The average Bonchev–Trinajstić information content (AvgIpc) is 3.31. The van der Waals surface area contributed by atoms with Gasteiger partial charge in [0, 0.05) is 5.41 Å². The summed E-state index contributed by atoms with van der Waals surface area (Å²) in [6.45, 7) is 4.68. The Morgan fingerprint density at radius 2 is 1.59 bits per heavy atom. The number of hydrogen-bond acceptors (Lipinski definition) is 4. The molecule has 0 saturated heterocycles. The van der Waals surface area contributed by atoms with E-state index in [-0.39, 0.29) is 16.5 Å². The van der Waals surface area contributed by atoms with Crippen molar-refractivity contribution in [2.75, 3.05) is 5.43 Å². The summed E-state index contributed by atoms with van der Waals surface area (Å²) in [5, 5.41) is 14.6. The first-order chi connectivity index (χ1) is 13.1. The van der Waals surface area contributed by atoms with Gasteiger partial charge in [0.1, 0.15) is 11.1 Å². The Morgan fingerprint density at radius 3 is 2.33 bits per heavy atom. The molecule has 2 aliphatic carbocycles. The molecule has 0 aromatic heterocycles. The number of fused-ring (bicyclic) bond motifs is 5. The first kappa shape index (κ1) is 16.7. The summed E-state index contributed by atoms with van der Waals surface area (Å²) < 4.78 is 0. The summed E-state index contributed by atoms with van der Waals surface area (Å²) in [5.41, 5.74) is 4.79. The molecule has 0 amide bonds. The standard InChI is InChI=1S/C23H26N4/c1-21(2)22(16-24-25-18-12-7-4-8-13-18)19-14-9-15-20(19)23(21,27-26-22)17-10-5-3-6-11-17/h3-8,10-13,16,19-20,25H,9,14-15H2,1-2H3/b24-16-. The summed E-state index contributed by atoms with van der Waals surface area (Å²) in [4.78, 5) is 0. The maximum absolute atomic E-state index is 5.00. The monoisotopic (exact) mass is 358 g/mol. The highest BCUT2D eigenvalue weighted by atomic mass is 15.3. The van der Waals surface area contributed by atoms with Crippen LogP contribution in [0.2, 0.25) is 0 Å². The zero-order valence-electron chi connectivity index (χ0n) is 16.0. The van der Waals surface area contributed by atoms with Crippen molar-refractivity contribution in [3.8, 4) is 0 Å². The second-order valence-electron chi connectivity index (χ2n) is 8.66. The van der Waals surface area contributed by atoms with E-state index < -0.39 is 0 Å². The van der Waals surface area contributed by atoms with E-state index in [1.165, 1.54) is 24.8 Å². The van der Waals surface area contributed by atoms with E-state index in [2.05, 4.69) is 60.9 Å². The number of azo groups is 1. The van der Waals surface area contributed by atoms with Crippen molar-refractivity contribution < 1.29 is 0 Å². The molecule has 4 heteroatoms. The molecule has 5 rings (SSSR count). The lowest BCUT2D eigenvalue weighted by molar-refractivity contribution is 0.171. The molecule has 4 unspecified atom stereocenters. The van der Waals surface area contributed by atoms with Crippen molar-refractivity contribution in [1.82, 2.24) is 0 Å². The Labute approximate surface area is 160 Å². The van der Waals surface area contributed by atoms with Crippen LogP contribution in [0.25, 0.3) is 0 Å². The van der Waals surface area contributed by atoms with Crippen molar-refractivity contribution >= 4 is 11.9 Å². The SMILES string of the molecule is CC1(C)C2(/C=N\Nc3ccccc3)N=NC1(c1ccccc1)C1CCCC12. The summed E-state index contributed by atoms with van der Waals surface area (Å²) in [5.74, 6) is 1.04. The number of hydrazone groups is 1. The molecule has 0 spiro atoms. The molecule has 1 N–H and O–H groups in total. The topological polar surface area (TPSA) is 49.1 Å². The number of hydrogen-bond donors (Lipinski definition) is 1. The van der Waals surface area contributed by atoms with Crippen molar-refractivity contribution in [1.29, 1.82) is 0 Å². The van der Waals surface area contributed by atoms with Crippen LogP contribution in [-0.4, -0.2) is 11.8 Å². The molecule has 4 atom stereocenters. The highest BCUT2D eigenvalue weighted by Gasteiger charge is 2.77. The van der Waals surface area contributed by atoms with Gasteiger partial charge in [-0.15, -0.1) is 0 Å². The third-order valence-corrected chi connectivity index (χ3v) is 7.39. The zero-order valence-corrected chi connectivity index (χ0v) is 16.0. The van der Waals surface area contributed by atoms with Crippen LogP contribution >= 0.6 is 0 Å². The van der Waals surface area contributed by atoms with E-state index in [4.69, 9.17) is 10.2 Å². The Morgan fingerprint density at radius 1 is 0.926 bits per heavy atom. The molecule has 138 valence electrons.